The molecule has 3 aliphatic rings. The molecule has 208 valence electrons. The number of imide groups is 1. The van der Waals surface area contributed by atoms with Crippen molar-refractivity contribution in [2.75, 3.05) is 38.7 Å². The number of halogens is 2. The third kappa shape index (κ3) is 4.33. The molecule has 40 heavy (non-hydrogen) atoms. The molecule has 0 saturated carbocycles. The fourth-order valence-corrected chi connectivity index (χ4v) is 6.43. The number of hydrogen-bond acceptors (Lipinski definition) is 7. The molecule has 3 fully saturated rings. The largest absolute Gasteiger partial charge is 0.467 e. The lowest BCUT2D eigenvalue weighted by Gasteiger charge is -2.34. The number of benzene rings is 2. The van der Waals surface area contributed by atoms with E-state index in [0.717, 1.165) is 4.90 Å². The lowest BCUT2D eigenvalue weighted by atomic mass is 9.80. The summed E-state index contributed by atoms with van der Waals surface area (Å²) in [6, 6.07) is 10.9. The van der Waals surface area contributed by atoms with Crippen LogP contribution in [0.1, 0.15) is 23.5 Å². The van der Waals surface area contributed by atoms with E-state index >= 15 is 0 Å². The summed E-state index contributed by atoms with van der Waals surface area (Å²) < 4.78 is 4.84. The maximum atomic E-state index is 14.3. The number of likely N-dealkylation sites (tertiary alicyclic amines) is 2. The highest BCUT2D eigenvalue weighted by Crippen LogP contribution is 2.47. The SMILES string of the molecule is COC(=O)C1CC(O)CN1C(=O)N1CC(c2ccc(C#N)cc2)C2(C1)C(=O)N(c1cc(Cl)cc(Cl)c1)C(=O)N2C. The summed E-state index contributed by atoms with van der Waals surface area (Å²) in [5.41, 5.74) is -0.283. The van der Waals surface area contributed by atoms with E-state index in [1.807, 2.05) is 0 Å². The number of rotatable bonds is 3. The molecule has 0 bridgehead atoms. The number of β-amino-alcohol motifs (C(OH)–C–C–N with tert-alkyl or cyclic N) is 1. The topological polar surface area (TPSA) is 134 Å². The Morgan fingerprint density at radius 3 is 2.35 bits per heavy atom. The highest BCUT2D eigenvalue weighted by atomic mass is 35.5. The van der Waals surface area contributed by atoms with Gasteiger partial charge < -0.3 is 24.5 Å². The minimum absolute atomic E-state index is 0.0249. The van der Waals surface area contributed by atoms with Crippen molar-refractivity contribution in [2.24, 2.45) is 0 Å². The molecule has 11 nitrogen and oxygen atoms in total. The van der Waals surface area contributed by atoms with Crippen molar-refractivity contribution in [3.63, 3.8) is 0 Å². The maximum Gasteiger partial charge on any atom is 0.332 e. The van der Waals surface area contributed by atoms with E-state index in [2.05, 4.69) is 6.07 Å². The van der Waals surface area contributed by atoms with Crippen LogP contribution in [0.3, 0.4) is 0 Å². The number of hydrogen-bond donors (Lipinski definition) is 1. The molecule has 13 heteroatoms. The second kappa shape index (κ2) is 10.3. The fourth-order valence-electron chi connectivity index (χ4n) is 5.92. The van der Waals surface area contributed by atoms with E-state index in [0.29, 0.717) is 11.1 Å². The van der Waals surface area contributed by atoms with Gasteiger partial charge in [-0.25, -0.2) is 19.3 Å². The molecule has 5 amide bonds. The van der Waals surface area contributed by atoms with Gasteiger partial charge in [0.25, 0.3) is 5.91 Å². The number of ether oxygens (including phenoxy) is 1. The predicted octanol–water partition coefficient (Wildman–Crippen LogP) is 2.83. The van der Waals surface area contributed by atoms with Crippen molar-refractivity contribution in [3.8, 4) is 6.07 Å². The second-order valence-electron chi connectivity index (χ2n) is 10.1. The summed E-state index contributed by atoms with van der Waals surface area (Å²) in [7, 11) is 2.70. The normalized spacial score (nSPS) is 26.1. The first-order valence-electron chi connectivity index (χ1n) is 12.4. The van der Waals surface area contributed by atoms with E-state index in [1.165, 1.54) is 47.1 Å². The van der Waals surface area contributed by atoms with Gasteiger partial charge in [0.2, 0.25) is 0 Å². The van der Waals surface area contributed by atoms with Crippen molar-refractivity contribution in [1.29, 1.82) is 5.26 Å². The molecule has 1 spiro atoms. The highest BCUT2D eigenvalue weighted by molar-refractivity contribution is 6.35. The lowest BCUT2D eigenvalue weighted by molar-refractivity contribution is -0.145. The third-order valence-corrected chi connectivity index (χ3v) is 8.31. The van der Waals surface area contributed by atoms with Crippen LogP contribution in [0.4, 0.5) is 15.3 Å². The fraction of sp³-hybridized carbons (Fsp3) is 0.370. The summed E-state index contributed by atoms with van der Waals surface area (Å²) in [6.45, 7) is -0.235. The number of nitrogens with zero attached hydrogens (tertiary/aromatic N) is 5. The number of carbonyl (C=O) groups is 4. The monoisotopic (exact) mass is 585 g/mol. The molecule has 2 aromatic rings. The molecule has 3 saturated heterocycles. The van der Waals surface area contributed by atoms with Crippen LogP contribution in [0.2, 0.25) is 10.0 Å². The van der Waals surface area contributed by atoms with Gasteiger partial charge in [-0.2, -0.15) is 5.26 Å². The quantitative estimate of drug-likeness (QED) is 0.432. The van der Waals surface area contributed by atoms with Crippen LogP contribution in [0, 0.1) is 11.3 Å². The van der Waals surface area contributed by atoms with Crippen molar-refractivity contribution >= 4 is 52.8 Å². The number of methoxy groups -OCH3 is 1. The molecule has 1 N–H and O–H groups in total. The highest BCUT2D eigenvalue weighted by Gasteiger charge is 2.65. The van der Waals surface area contributed by atoms with Crippen LogP contribution in [-0.2, 0) is 14.3 Å². The summed E-state index contributed by atoms with van der Waals surface area (Å²) in [4.78, 5) is 59.1. The summed E-state index contributed by atoms with van der Waals surface area (Å²) >= 11 is 12.3. The van der Waals surface area contributed by atoms with Crippen LogP contribution in [0.5, 0.6) is 0 Å². The van der Waals surface area contributed by atoms with Gasteiger partial charge in [-0.3, -0.25) is 4.79 Å². The van der Waals surface area contributed by atoms with Gasteiger partial charge in [0.15, 0.2) is 0 Å². The van der Waals surface area contributed by atoms with E-state index in [-0.39, 0.29) is 41.8 Å². The molecule has 4 atom stereocenters. The smallest absolute Gasteiger partial charge is 0.332 e. The van der Waals surface area contributed by atoms with Crippen LogP contribution in [0.15, 0.2) is 42.5 Å². The summed E-state index contributed by atoms with van der Waals surface area (Å²) in [5.74, 6) is -1.92. The molecule has 5 rings (SSSR count). The van der Waals surface area contributed by atoms with Gasteiger partial charge >= 0.3 is 18.0 Å². The number of esters is 1. The van der Waals surface area contributed by atoms with Crippen molar-refractivity contribution in [2.45, 2.75) is 30.0 Å². The maximum absolute atomic E-state index is 14.3. The molecule has 0 radical (unpaired) electrons. The number of urea groups is 2. The number of likely N-dealkylation sites (N-methyl/N-ethyl adjacent to an activating group) is 1. The first-order chi connectivity index (χ1) is 19.0. The van der Waals surface area contributed by atoms with E-state index < -0.39 is 47.5 Å². The second-order valence-corrected chi connectivity index (χ2v) is 10.9. The van der Waals surface area contributed by atoms with Gasteiger partial charge in [-0.1, -0.05) is 35.3 Å². The van der Waals surface area contributed by atoms with Crippen LogP contribution < -0.4 is 4.90 Å². The average Bonchev–Trinajstić information content (AvgIpc) is 3.58. The third-order valence-electron chi connectivity index (χ3n) is 7.88. The van der Waals surface area contributed by atoms with Crippen LogP contribution in [0.25, 0.3) is 0 Å². The molecule has 3 heterocycles. The first-order valence-corrected chi connectivity index (χ1v) is 13.2. The van der Waals surface area contributed by atoms with E-state index in [9.17, 15) is 29.5 Å². The number of aliphatic hydroxyl groups excluding tert-OH is 1. The summed E-state index contributed by atoms with van der Waals surface area (Å²) in [5, 5.41) is 20.0. The number of amides is 5. The average molecular weight is 586 g/mol. The zero-order chi connectivity index (χ0) is 28.9. The Labute approximate surface area is 240 Å². The molecular formula is C27H25Cl2N5O6. The lowest BCUT2D eigenvalue weighted by Crippen LogP contribution is -2.55. The molecule has 0 aliphatic carbocycles. The summed E-state index contributed by atoms with van der Waals surface area (Å²) in [6.07, 6.45) is -0.892. The number of carbonyl (C=O) groups excluding carboxylic acids is 4. The Morgan fingerprint density at radius 2 is 1.75 bits per heavy atom. The van der Waals surface area contributed by atoms with Crippen molar-refractivity contribution in [3.05, 3.63) is 63.6 Å². The number of nitriles is 1. The zero-order valence-electron chi connectivity index (χ0n) is 21.6. The molecular weight excluding hydrogens is 561 g/mol. The van der Waals surface area contributed by atoms with Gasteiger partial charge in [0, 0.05) is 42.5 Å². The first kappa shape index (κ1) is 27.7. The van der Waals surface area contributed by atoms with Gasteiger partial charge in [0.05, 0.1) is 37.1 Å². The minimum Gasteiger partial charge on any atom is -0.467 e. The molecule has 4 unspecified atom stereocenters. The molecule has 2 aromatic carbocycles. The van der Waals surface area contributed by atoms with Crippen molar-refractivity contribution < 1.29 is 29.0 Å². The predicted molar refractivity (Wildman–Crippen MR) is 144 cm³/mol. The van der Waals surface area contributed by atoms with E-state index in [4.69, 9.17) is 27.9 Å². The zero-order valence-corrected chi connectivity index (χ0v) is 23.1. The van der Waals surface area contributed by atoms with Gasteiger partial charge in [0.1, 0.15) is 11.6 Å². The number of anilines is 1. The van der Waals surface area contributed by atoms with Crippen LogP contribution in [-0.4, -0.2) is 95.2 Å². The Bertz CT molecular complexity index is 1430. The van der Waals surface area contributed by atoms with Gasteiger partial charge in [-0.05, 0) is 35.9 Å². The molecule has 0 aromatic heterocycles. The molecule has 3 aliphatic heterocycles. The van der Waals surface area contributed by atoms with E-state index in [1.54, 1.807) is 24.3 Å². The Kier molecular flexibility index (Phi) is 7.12. The Hall–Kier alpha value is -3.85. The number of aliphatic hydroxyl groups is 1. The van der Waals surface area contributed by atoms with Crippen LogP contribution >= 0.6 is 23.2 Å². The van der Waals surface area contributed by atoms with Crippen molar-refractivity contribution in [1.82, 2.24) is 14.7 Å². The standard InChI is InChI=1S/C27H25Cl2N5O6/c1-31-25(38)34(19-8-17(28)7-18(29)9-19)24(37)27(31)14-32(13-21(27)16-5-3-15(11-30)4-6-16)26(39)33-12-20(35)10-22(33)23(36)40-2/h3-9,20-22,35H,10,12-14H2,1-2H3. The Balaban J connectivity index is 1.57. The Morgan fingerprint density at radius 1 is 1.10 bits per heavy atom. The van der Waals surface area contributed by atoms with Gasteiger partial charge in [-0.15, -0.1) is 0 Å². The minimum atomic E-state index is -1.52.